The Morgan fingerprint density at radius 1 is 1.26 bits per heavy atom. The Kier molecular flexibility index (Phi) is 5.54. The molecule has 2 amide bonds. The van der Waals surface area contributed by atoms with E-state index in [0.717, 1.165) is 36.2 Å². The number of nitrogens with zero attached hydrogens (tertiary/aromatic N) is 4. The van der Waals surface area contributed by atoms with Crippen LogP contribution < -0.4 is 4.90 Å². The summed E-state index contributed by atoms with van der Waals surface area (Å²) in [5, 5.41) is 0. The van der Waals surface area contributed by atoms with Gasteiger partial charge in [-0.3, -0.25) is 14.5 Å². The number of hydrogen-bond acceptors (Lipinski definition) is 4. The van der Waals surface area contributed by atoms with Gasteiger partial charge in [0.2, 0.25) is 11.8 Å². The zero-order valence-electron chi connectivity index (χ0n) is 18.6. The molecule has 1 aromatic heterocycles. The molecule has 7 heteroatoms. The predicted octanol–water partition coefficient (Wildman–Crippen LogP) is 3.77. The number of benzene rings is 1. The Morgan fingerprint density at radius 2 is 2.03 bits per heavy atom. The van der Waals surface area contributed by atoms with E-state index < -0.39 is 5.41 Å². The summed E-state index contributed by atoms with van der Waals surface area (Å²) in [5.41, 5.74) is 1.93. The van der Waals surface area contributed by atoms with Crippen LogP contribution in [0.15, 0.2) is 24.3 Å². The summed E-state index contributed by atoms with van der Waals surface area (Å²) >= 11 is 0. The van der Waals surface area contributed by atoms with Crippen molar-refractivity contribution < 1.29 is 14.0 Å². The van der Waals surface area contributed by atoms with Crippen molar-refractivity contribution in [3.8, 4) is 0 Å². The first kappa shape index (κ1) is 21.4. The number of anilines is 1. The minimum Gasteiger partial charge on any atom is -0.342 e. The van der Waals surface area contributed by atoms with Crippen molar-refractivity contribution >= 4 is 17.6 Å². The first-order valence-corrected chi connectivity index (χ1v) is 10.8. The van der Waals surface area contributed by atoms with Gasteiger partial charge in [0.1, 0.15) is 17.5 Å². The van der Waals surface area contributed by atoms with Crippen molar-refractivity contribution in [3.63, 3.8) is 0 Å². The summed E-state index contributed by atoms with van der Waals surface area (Å²) in [5.74, 6) is 1.10. The van der Waals surface area contributed by atoms with E-state index in [2.05, 4.69) is 0 Å². The minimum atomic E-state index is -0.426. The van der Waals surface area contributed by atoms with Gasteiger partial charge in [0.05, 0.1) is 13.0 Å². The smallest absolute Gasteiger partial charge is 0.233 e. The van der Waals surface area contributed by atoms with E-state index in [4.69, 9.17) is 9.97 Å². The zero-order chi connectivity index (χ0) is 22.3. The fourth-order valence-electron chi connectivity index (χ4n) is 4.41. The van der Waals surface area contributed by atoms with Gasteiger partial charge in [0, 0.05) is 35.7 Å². The molecule has 0 bridgehead atoms. The molecule has 3 heterocycles. The molecule has 0 aliphatic carbocycles. The lowest BCUT2D eigenvalue weighted by atomic mass is 9.91. The lowest BCUT2D eigenvalue weighted by Gasteiger charge is -2.36. The van der Waals surface area contributed by atoms with E-state index in [1.807, 2.05) is 32.6 Å². The van der Waals surface area contributed by atoms with Crippen LogP contribution in [0.2, 0.25) is 0 Å². The molecule has 2 aromatic rings. The lowest BCUT2D eigenvalue weighted by Crippen LogP contribution is -2.45. The summed E-state index contributed by atoms with van der Waals surface area (Å²) in [6.45, 7) is 9.33. The van der Waals surface area contributed by atoms with Gasteiger partial charge in [-0.1, -0.05) is 32.9 Å². The third-order valence-corrected chi connectivity index (χ3v) is 6.04. The highest BCUT2D eigenvalue weighted by Gasteiger charge is 2.35. The Hall–Kier alpha value is -2.83. The first-order chi connectivity index (χ1) is 14.6. The van der Waals surface area contributed by atoms with Crippen LogP contribution in [0.3, 0.4) is 0 Å². The molecule has 0 N–H and O–H groups in total. The number of piperidine rings is 1. The molecule has 164 valence electrons. The summed E-state index contributed by atoms with van der Waals surface area (Å²) in [7, 11) is 0. The van der Waals surface area contributed by atoms with Crippen molar-refractivity contribution in [2.75, 3.05) is 18.0 Å². The number of aryl methyl sites for hydroxylation is 1. The quantitative estimate of drug-likeness (QED) is 0.752. The van der Waals surface area contributed by atoms with Gasteiger partial charge < -0.3 is 4.90 Å². The molecule has 4 rings (SSSR count). The van der Waals surface area contributed by atoms with E-state index in [0.29, 0.717) is 18.2 Å². The largest absolute Gasteiger partial charge is 0.342 e. The molecular formula is C24H29FN4O2. The first-order valence-electron chi connectivity index (χ1n) is 10.8. The Balaban J connectivity index is 1.62. The van der Waals surface area contributed by atoms with Crippen LogP contribution >= 0.6 is 0 Å². The average Bonchev–Trinajstić information content (AvgIpc) is 3.03. The number of amides is 2. The maximum Gasteiger partial charge on any atom is 0.233 e. The van der Waals surface area contributed by atoms with Crippen LogP contribution in [0, 0.1) is 18.2 Å². The predicted molar refractivity (Wildman–Crippen MR) is 116 cm³/mol. The second-order valence-electron chi connectivity index (χ2n) is 9.60. The van der Waals surface area contributed by atoms with Gasteiger partial charge in [-0.25, -0.2) is 14.4 Å². The number of likely N-dealkylation sites (tertiary alicyclic amines) is 1. The van der Waals surface area contributed by atoms with Crippen LogP contribution in [0.1, 0.15) is 62.2 Å². The molecule has 31 heavy (non-hydrogen) atoms. The van der Waals surface area contributed by atoms with Gasteiger partial charge >= 0.3 is 0 Å². The fourth-order valence-corrected chi connectivity index (χ4v) is 4.41. The lowest BCUT2D eigenvalue weighted by molar-refractivity contribution is -0.140. The average molecular weight is 425 g/mol. The molecule has 2 aliphatic rings. The number of hydrogen-bond donors (Lipinski definition) is 0. The number of rotatable bonds is 3. The number of carbonyl (C=O) groups excluding carboxylic acids is 2. The van der Waals surface area contributed by atoms with Crippen LogP contribution in [0.25, 0.3) is 0 Å². The maximum atomic E-state index is 13.6. The Labute approximate surface area is 182 Å². The van der Waals surface area contributed by atoms with E-state index in [1.54, 1.807) is 17.0 Å². The summed E-state index contributed by atoms with van der Waals surface area (Å²) < 4.78 is 13.6. The monoisotopic (exact) mass is 424 g/mol. The molecule has 1 saturated heterocycles. The molecule has 1 aromatic carbocycles. The normalized spacial score (nSPS) is 19.0. The van der Waals surface area contributed by atoms with Crippen LogP contribution in [0.5, 0.6) is 0 Å². The van der Waals surface area contributed by atoms with E-state index in [-0.39, 0.29) is 36.5 Å². The minimum absolute atomic E-state index is 0.0378. The molecule has 6 nitrogen and oxygen atoms in total. The Bertz CT molecular complexity index is 1030. The third-order valence-electron chi connectivity index (χ3n) is 6.04. The standard InChI is InChI=1S/C24H29FN4O2/c1-15-19-12-20(30)29(13-16-7-5-9-18(25)11-16)22(19)27-21(26-15)17-8-6-10-28(14-17)23(31)24(2,3)4/h5,7,9,11,17H,6,8,10,12-14H2,1-4H3. The van der Waals surface area contributed by atoms with E-state index in [1.165, 1.54) is 12.1 Å². The molecule has 0 spiro atoms. The maximum absolute atomic E-state index is 13.6. The molecule has 1 fully saturated rings. The summed E-state index contributed by atoms with van der Waals surface area (Å²) in [6, 6.07) is 6.28. The van der Waals surface area contributed by atoms with Crippen LogP contribution in [-0.2, 0) is 22.6 Å². The van der Waals surface area contributed by atoms with Gasteiger partial charge in [-0.15, -0.1) is 0 Å². The van der Waals surface area contributed by atoms with Crippen molar-refractivity contribution in [2.24, 2.45) is 5.41 Å². The molecule has 2 aliphatic heterocycles. The van der Waals surface area contributed by atoms with Crippen LogP contribution in [0.4, 0.5) is 10.2 Å². The molecule has 0 saturated carbocycles. The van der Waals surface area contributed by atoms with E-state index in [9.17, 15) is 14.0 Å². The number of aromatic nitrogens is 2. The fraction of sp³-hybridized carbons (Fsp3) is 0.500. The van der Waals surface area contributed by atoms with E-state index >= 15 is 0 Å². The highest BCUT2D eigenvalue weighted by molar-refractivity contribution is 6.00. The Morgan fingerprint density at radius 3 is 2.74 bits per heavy atom. The molecular weight excluding hydrogens is 395 g/mol. The topological polar surface area (TPSA) is 66.4 Å². The second kappa shape index (κ2) is 8.02. The van der Waals surface area contributed by atoms with Gasteiger partial charge in [-0.05, 0) is 37.5 Å². The zero-order valence-corrected chi connectivity index (χ0v) is 18.6. The highest BCUT2D eigenvalue weighted by Crippen LogP contribution is 2.34. The van der Waals surface area contributed by atoms with Gasteiger partial charge in [0.25, 0.3) is 0 Å². The molecule has 0 radical (unpaired) electrons. The van der Waals surface area contributed by atoms with Gasteiger partial charge in [0.15, 0.2) is 0 Å². The van der Waals surface area contributed by atoms with Crippen LogP contribution in [-0.4, -0.2) is 39.8 Å². The van der Waals surface area contributed by atoms with Crippen molar-refractivity contribution in [2.45, 2.75) is 59.4 Å². The van der Waals surface area contributed by atoms with Crippen molar-refractivity contribution in [3.05, 3.63) is 52.7 Å². The molecule has 1 atom stereocenters. The number of fused-ring (bicyclic) bond motifs is 1. The summed E-state index contributed by atoms with van der Waals surface area (Å²) in [6.07, 6.45) is 2.07. The molecule has 1 unspecified atom stereocenters. The van der Waals surface area contributed by atoms with Gasteiger partial charge in [-0.2, -0.15) is 0 Å². The summed E-state index contributed by atoms with van der Waals surface area (Å²) in [4.78, 5) is 38.6. The third kappa shape index (κ3) is 4.31. The SMILES string of the molecule is Cc1nc(C2CCCN(C(=O)C(C)(C)C)C2)nc2c1CC(=O)N2Cc1cccc(F)c1. The highest BCUT2D eigenvalue weighted by atomic mass is 19.1. The van der Waals surface area contributed by atoms with Crippen molar-refractivity contribution in [1.82, 2.24) is 14.9 Å². The number of carbonyl (C=O) groups is 2. The second-order valence-corrected chi connectivity index (χ2v) is 9.60. The number of halogens is 1. The van der Waals surface area contributed by atoms with Crippen molar-refractivity contribution in [1.29, 1.82) is 0 Å².